The second-order valence-electron chi connectivity index (χ2n) is 7.57. The Kier molecular flexibility index (Phi) is 5.39. The summed E-state index contributed by atoms with van der Waals surface area (Å²) in [5, 5.41) is 10.9. The van der Waals surface area contributed by atoms with Crippen molar-refractivity contribution in [1.29, 1.82) is 0 Å². The largest absolute Gasteiger partial charge is 0.379 e. The summed E-state index contributed by atoms with van der Waals surface area (Å²) in [7, 11) is 0. The number of carbonyl (C=O) groups excluding carboxylic acids is 1. The van der Waals surface area contributed by atoms with Gasteiger partial charge < -0.3 is 10.0 Å². The lowest BCUT2D eigenvalue weighted by Crippen LogP contribution is -2.59. The van der Waals surface area contributed by atoms with Crippen LogP contribution < -0.4 is 0 Å². The molecule has 2 heterocycles. The van der Waals surface area contributed by atoms with Crippen LogP contribution in [0.1, 0.15) is 38.2 Å². The Balaban J connectivity index is 1.66. The van der Waals surface area contributed by atoms with Crippen LogP contribution in [0.4, 0.5) is 8.78 Å². The molecule has 2 aliphatic rings. The molecule has 1 amide bonds. The minimum absolute atomic E-state index is 0.190. The van der Waals surface area contributed by atoms with Gasteiger partial charge in [0.2, 0.25) is 0 Å². The molecule has 4 nitrogen and oxygen atoms in total. The van der Waals surface area contributed by atoms with E-state index in [9.17, 15) is 18.7 Å². The molecule has 2 saturated heterocycles. The van der Waals surface area contributed by atoms with E-state index in [1.807, 2.05) is 0 Å². The number of β-amino-alcohol motifs (C(OH)–C–C–N with tert-alkyl or cyclic N) is 1. The molecule has 138 valence electrons. The number of hydrogen-bond acceptors (Lipinski definition) is 3. The maximum atomic E-state index is 13.4. The van der Waals surface area contributed by atoms with E-state index < -0.39 is 17.2 Å². The van der Waals surface area contributed by atoms with E-state index in [0.717, 1.165) is 38.1 Å². The first-order valence-electron chi connectivity index (χ1n) is 9.05. The lowest BCUT2D eigenvalue weighted by Gasteiger charge is -2.42. The van der Waals surface area contributed by atoms with E-state index in [2.05, 4.69) is 11.8 Å². The third-order valence-corrected chi connectivity index (χ3v) is 5.42. The van der Waals surface area contributed by atoms with Crippen LogP contribution in [-0.2, 0) is 11.3 Å². The minimum Gasteiger partial charge on any atom is -0.379 e. The van der Waals surface area contributed by atoms with Crippen molar-refractivity contribution in [2.24, 2.45) is 5.92 Å². The van der Waals surface area contributed by atoms with Gasteiger partial charge in [-0.05, 0) is 62.4 Å². The van der Waals surface area contributed by atoms with Gasteiger partial charge in [-0.1, -0.05) is 13.0 Å². The molecule has 1 aromatic rings. The van der Waals surface area contributed by atoms with E-state index in [4.69, 9.17) is 0 Å². The highest BCUT2D eigenvalue weighted by Crippen LogP contribution is 2.27. The molecular weight excluding hydrogens is 326 g/mol. The Hall–Kier alpha value is -1.53. The molecule has 1 aromatic carbocycles. The van der Waals surface area contributed by atoms with Crippen LogP contribution in [0.3, 0.4) is 0 Å². The van der Waals surface area contributed by atoms with Crippen molar-refractivity contribution in [3.8, 4) is 0 Å². The van der Waals surface area contributed by atoms with E-state index in [1.165, 1.54) is 6.07 Å². The maximum Gasteiger partial charge on any atom is 0.256 e. The fourth-order valence-electron chi connectivity index (χ4n) is 3.81. The predicted octanol–water partition coefficient (Wildman–Crippen LogP) is 2.55. The fraction of sp³-hybridized carbons (Fsp3) is 0.632. The SMILES string of the molecule is CC1CCN(C[C@]2(O)CCCN(Cc3ccc(F)c(F)c3)C2=O)CC1. The molecule has 0 aromatic heterocycles. The Morgan fingerprint density at radius 3 is 2.60 bits per heavy atom. The van der Waals surface area contributed by atoms with Gasteiger partial charge in [0.1, 0.15) is 0 Å². The van der Waals surface area contributed by atoms with Crippen molar-refractivity contribution in [2.45, 2.75) is 44.8 Å². The van der Waals surface area contributed by atoms with Crippen molar-refractivity contribution in [3.05, 3.63) is 35.4 Å². The fourth-order valence-corrected chi connectivity index (χ4v) is 3.81. The number of halogens is 2. The third kappa shape index (κ3) is 4.18. The predicted molar refractivity (Wildman–Crippen MR) is 90.8 cm³/mol. The molecule has 0 radical (unpaired) electrons. The molecule has 1 atom stereocenters. The number of nitrogens with zero attached hydrogens (tertiary/aromatic N) is 2. The summed E-state index contributed by atoms with van der Waals surface area (Å²) in [4.78, 5) is 16.5. The molecule has 2 fully saturated rings. The van der Waals surface area contributed by atoms with Crippen molar-refractivity contribution < 1.29 is 18.7 Å². The van der Waals surface area contributed by atoms with Crippen LogP contribution in [-0.4, -0.2) is 52.6 Å². The van der Waals surface area contributed by atoms with Crippen LogP contribution in [0.15, 0.2) is 18.2 Å². The molecule has 0 bridgehead atoms. The molecular formula is C19H26F2N2O2. The average molecular weight is 352 g/mol. The van der Waals surface area contributed by atoms with Gasteiger partial charge in [0.15, 0.2) is 17.2 Å². The third-order valence-electron chi connectivity index (χ3n) is 5.42. The van der Waals surface area contributed by atoms with Crippen molar-refractivity contribution in [1.82, 2.24) is 9.80 Å². The Morgan fingerprint density at radius 2 is 1.92 bits per heavy atom. The van der Waals surface area contributed by atoms with Crippen LogP contribution in [0.25, 0.3) is 0 Å². The number of aliphatic hydroxyl groups is 1. The van der Waals surface area contributed by atoms with Gasteiger partial charge in [-0.15, -0.1) is 0 Å². The second-order valence-corrected chi connectivity index (χ2v) is 7.57. The van der Waals surface area contributed by atoms with Crippen LogP contribution in [0.5, 0.6) is 0 Å². The molecule has 0 unspecified atom stereocenters. The zero-order valence-corrected chi connectivity index (χ0v) is 14.7. The standard InChI is InChI=1S/C19H26F2N2O2/c1-14-5-9-22(10-6-14)13-19(25)7-2-8-23(18(19)24)12-15-3-4-16(20)17(21)11-15/h3-4,11,14,25H,2,5-10,12-13H2,1H3/t19-/m1/s1. The molecule has 6 heteroatoms. The summed E-state index contributed by atoms with van der Waals surface area (Å²) in [6, 6.07) is 3.66. The van der Waals surface area contributed by atoms with Crippen molar-refractivity contribution in [3.63, 3.8) is 0 Å². The number of benzene rings is 1. The van der Waals surface area contributed by atoms with Gasteiger partial charge in [0, 0.05) is 19.6 Å². The summed E-state index contributed by atoms with van der Waals surface area (Å²) in [6.45, 7) is 5.10. The highest BCUT2D eigenvalue weighted by atomic mass is 19.2. The molecule has 3 rings (SSSR count). The quantitative estimate of drug-likeness (QED) is 0.906. The summed E-state index contributed by atoms with van der Waals surface area (Å²) in [6.07, 6.45) is 3.33. The Labute approximate surface area is 147 Å². The second kappa shape index (κ2) is 7.38. The summed E-state index contributed by atoms with van der Waals surface area (Å²) < 4.78 is 26.5. The number of rotatable bonds is 4. The first kappa shape index (κ1) is 18.3. The zero-order valence-electron chi connectivity index (χ0n) is 14.7. The van der Waals surface area contributed by atoms with Gasteiger partial charge in [-0.25, -0.2) is 8.78 Å². The lowest BCUT2D eigenvalue weighted by atomic mass is 9.89. The van der Waals surface area contributed by atoms with Gasteiger partial charge in [0.05, 0.1) is 0 Å². The summed E-state index contributed by atoms with van der Waals surface area (Å²) in [5.74, 6) is -1.43. The van der Waals surface area contributed by atoms with Gasteiger partial charge in [-0.2, -0.15) is 0 Å². The minimum atomic E-state index is -1.38. The monoisotopic (exact) mass is 352 g/mol. The maximum absolute atomic E-state index is 13.4. The van der Waals surface area contributed by atoms with E-state index in [-0.39, 0.29) is 12.5 Å². The summed E-state index contributed by atoms with van der Waals surface area (Å²) in [5.41, 5.74) is -0.847. The highest BCUT2D eigenvalue weighted by Gasteiger charge is 2.43. The molecule has 1 N–H and O–H groups in total. The Bertz CT molecular complexity index is 632. The Morgan fingerprint density at radius 1 is 1.20 bits per heavy atom. The average Bonchev–Trinajstić information content (AvgIpc) is 2.58. The van der Waals surface area contributed by atoms with Gasteiger partial charge >= 0.3 is 0 Å². The van der Waals surface area contributed by atoms with Crippen molar-refractivity contribution >= 4 is 5.91 Å². The topological polar surface area (TPSA) is 43.8 Å². The first-order chi connectivity index (χ1) is 11.9. The molecule has 2 aliphatic heterocycles. The van der Waals surface area contributed by atoms with E-state index in [1.54, 1.807) is 4.90 Å². The lowest BCUT2D eigenvalue weighted by molar-refractivity contribution is -0.160. The number of amides is 1. The number of hydrogen-bond donors (Lipinski definition) is 1. The van der Waals surface area contributed by atoms with Gasteiger partial charge in [-0.3, -0.25) is 9.69 Å². The normalized spacial score (nSPS) is 26.2. The number of likely N-dealkylation sites (tertiary alicyclic amines) is 2. The summed E-state index contributed by atoms with van der Waals surface area (Å²) >= 11 is 0. The van der Waals surface area contributed by atoms with Crippen molar-refractivity contribution in [2.75, 3.05) is 26.2 Å². The number of piperidine rings is 2. The molecule has 0 spiro atoms. The zero-order chi connectivity index (χ0) is 18.0. The first-order valence-corrected chi connectivity index (χ1v) is 9.05. The molecule has 25 heavy (non-hydrogen) atoms. The van der Waals surface area contributed by atoms with E-state index >= 15 is 0 Å². The van der Waals surface area contributed by atoms with Crippen LogP contribution >= 0.6 is 0 Å². The van der Waals surface area contributed by atoms with Crippen LogP contribution in [0, 0.1) is 17.6 Å². The smallest absolute Gasteiger partial charge is 0.256 e. The molecule has 0 aliphatic carbocycles. The molecule has 0 saturated carbocycles. The highest BCUT2D eigenvalue weighted by molar-refractivity contribution is 5.86. The van der Waals surface area contributed by atoms with Gasteiger partial charge in [0.25, 0.3) is 5.91 Å². The van der Waals surface area contributed by atoms with Crippen LogP contribution in [0.2, 0.25) is 0 Å². The van der Waals surface area contributed by atoms with E-state index in [0.29, 0.717) is 37.4 Å². The number of carbonyl (C=O) groups is 1.